The Morgan fingerprint density at radius 3 is 2.46 bits per heavy atom. The highest BCUT2D eigenvalue weighted by Gasteiger charge is 2.40. The Morgan fingerprint density at radius 1 is 1.11 bits per heavy atom. The number of anilines is 2. The monoisotopic (exact) mass is 382 g/mol. The van der Waals surface area contributed by atoms with E-state index in [0.717, 1.165) is 0 Å². The van der Waals surface area contributed by atoms with Crippen molar-refractivity contribution in [1.82, 2.24) is 0 Å². The van der Waals surface area contributed by atoms with Gasteiger partial charge >= 0.3 is 5.97 Å². The molecule has 2 amide bonds. The standard InChI is InChI=1S/C21H22N2O5/c1-21(2)20(27)23(16-5-3-4-6-17(16)28-21)12-11-18(24)22-15-9-7-14(8-10-15)13-19(25)26/h3-10H,11-13H2,1-2H3,(H,22,24)(H,25,26). The number of nitrogens with one attached hydrogen (secondary N) is 1. The van der Waals surface area contributed by atoms with Gasteiger partial charge in [-0.15, -0.1) is 0 Å². The maximum Gasteiger partial charge on any atom is 0.307 e. The van der Waals surface area contributed by atoms with Crippen LogP contribution < -0.4 is 15.0 Å². The van der Waals surface area contributed by atoms with E-state index in [1.165, 1.54) is 0 Å². The molecule has 0 atom stereocenters. The van der Waals surface area contributed by atoms with Gasteiger partial charge in [-0.3, -0.25) is 14.4 Å². The topological polar surface area (TPSA) is 95.9 Å². The predicted octanol–water partition coefficient (Wildman–Crippen LogP) is 2.85. The number of nitrogens with zero attached hydrogens (tertiary/aromatic N) is 1. The molecular weight excluding hydrogens is 360 g/mol. The fourth-order valence-corrected chi connectivity index (χ4v) is 3.06. The first-order chi connectivity index (χ1) is 13.3. The molecule has 0 bridgehead atoms. The normalized spacial score (nSPS) is 14.8. The molecule has 0 saturated heterocycles. The molecule has 7 heteroatoms. The Hall–Kier alpha value is -3.35. The SMILES string of the molecule is CC1(C)Oc2ccccc2N(CCC(=O)Nc2ccc(CC(=O)O)cc2)C1=O. The number of carboxylic acid groups (broad SMARTS) is 1. The first-order valence-electron chi connectivity index (χ1n) is 8.97. The third-order valence-corrected chi connectivity index (χ3v) is 4.44. The molecule has 146 valence electrons. The number of ether oxygens (including phenoxy) is 1. The van der Waals surface area contributed by atoms with E-state index >= 15 is 0 Å². The van der Waals surface area contributed by atoms with E-state index in [4.69, 9.17) is 9.84 Å². The second-order valence-electron chi connectivity index (χ2n) is 7.10. The number of carbonyl (C=O) groups is 3. The lowest BCUT2D eigenvalue weighted by molar-refractivity contribution is -0.136. The first-order valence-corrected chi connectivity index (χ1v) is 8.97. The number of aliphatic carboxylic acids is 1. The van der Waals surface area contributed by atoms with E-state index in [9.17, 15) is 14.4 Å². The van der Waals surface area contributed by atoms with Crippen LogP contribution in [0.25, 0.3) is 0 Å². The van der Waals surface area contributed by atoms with Gasteiger partial charge in [-0.1, -0.05) is 24.3 Å². The summed E-state index contributed by atoms with van der Waals surface area (Å²) < 4.78 is 5.77. The van der Waals surface area contributed by atoms with Crippen molar-refractivity contribution in [2.45, 2.75) is 32.3 Å². The number of hydrogen-bond donors (Lipinski definition) is 2. The second-order valence-corrected chi connectivity index (χ2v) is 7.10. The number of para-hydroxylation sites is 2. The summed E-state index contributed by atoms with van der Waals surface area (Å²) in [5.74, 6) is -0.728. The molecule has 28 heavy (non-hydrogen) atoms. The average Bonchev–Trinajstić information content (AvgIpc) is 2.63. The summed E-state index contributed by atoms with van der Waals surface area (Å²) in [6.45, 7) is 3.64. The molecule has 7 nitrogen and oxygen atoms in total. The van der Waals surface area contributed by atoms with Crippen LogP contribution in [-0.4, -0.2) is 35.0 Å². The third kappa shape index (κ3) is 4.31. The van der Waals surface area contributed by atoms with E-state index in [1.54, 1.807) is 55.1 Å². The van der Waals surface area contributed by atoms with Gasteiger partial charge in [0.2, 0.25) is 5.91 Å². The number of hydrogen-bond acceptors (Lipinski definition) is 4. The Balaban J connectivity index is 1.64. The van der Waals surface area contributed by atoms with Crippen LogP contribution in [0.3, 0.4) is 0 Å². The summed E-state index contributed by atoms with van der Waals surface area (Å²) in [5.41, 5.74) is 0.888. The van der Waals surface area contributed by atoms with Gasteiger partial charge in [0.05, 0.1) is 12.1 Å². The molecule has 2 aromatic rings. The van der Waals surface area contributed by atoms with Gasteiger partial charge in [0.1, 0.15) is 5.75 Å². The van der Waals surface area contributed by atoms with Crippen molar-refractivity contribution in [3.8, 4) is 5.75 Å². The molecule has 1 aliphatic heterocycles. The van der Waals surface area contributed by atoms with E-state index < -0.39 is 11.6 Å². The van der Waals surface area contributed by atoms with Crippen LogP contribution in [0, 0.1) is 0 Å². The summed E-state index contributed by atoms with van der Waals surface area (Å²) in [6, 6.07) is 13.9. The van der Waals surface area contributed by atoms with Crippen LogP contribution in [-0.2, 0) is 20.8 Å². The predicted molar refractivity (Wildman–Crippen MR) is 105 cm³/mol. The van der Waals surface area contributed by atoms with Gasteiger partial charge in [-0.05, 0) is 43.7 Å². The van der Waals surface area contributed by atoms with E-state index in [-0.39, 0.29) is 31.2 Å². The van der Waals surface area contributed by atoms with Crippen molar-refractivity contribution in [1.29, 1.82) is 0 Å². The number of rotatable bonds is 6. The lowest BCUT2D eigenvalue weighted by atomic mass is 10.0. The largest absolute Gasteiger partial charge is 0.481 e. The molecule has 0 spiro atoms. The Kier molecular flexibility index (Phi) is 5.35. The van der Waals surface area contributed by atoms with Gasteiger partial charge in [0, 0.05) is 18.7 Å². The number of carboxylic acids is 1. The van der Waals surface area contributed by atoms with Crippen LogP contribution in [0.4, 0.5) is 11.4 Å². The number of carbonyl (C=O) groups excluding carboxylic acids is 2. The molecule has 2 aromatic carbocycles. The van der Waals surface area contributed by atoms with Gasteiger partial charge in [-0.2, -0.15) is 0 Å². The smallest absolute Gasteiger partial charge is 0.307 e. The van der Waals surface area contributed by atoms with Crippen molar-refractivity contribution >= 4 is 29.2 Å². The molecule has 0 radical (unpaired) electrons. The molecule has 0 unspecified atom stereocenters. The second kappa shape index (κ2) is 7.72. The quantitative estimate of drug-likeness (QED) is 0.801. The molecule has 0 fully saturated rings. The third-order valence-electron chi connectivity index (χ3n) is 4.44. The molecule has 2 N–H and O–H groups in total. The number of benzene rings is 2. The van der Waals surface area contributed by atoms with Crippen molar-refractivity contribution in [2.75, 3.05) is 16.8 Å². The zero-order valence-corrected chi connectivity index (χ0v) is 15.8. The van der Waals surface area contributed by atoms with E-state index in [1.807, 2.05) is 12.1 Å². The maximum atomic E-state index is 12.7. The number of amides is 2. The van der Waals surface area contributed by atoms with Crippen molar-refractivity contribution in [2.24, 2.45) is 0 Å². The minimum Gasteiger partial charge on any atom is -0.481 e. The first kappa shape index (κ1) is 19.4. The molecular formula is C21H22N2O5. The Labute approximate surface area is 162 Å². The minimum absolute atomic E-state index is 0.0669. The minimum atomic E-state index is -0.995. The molecule has 1 heterocycles. The average molecular weight is 382 g/mol. The lowest BCUT2D eigenvalue weighted by Gasteiger charge is -2.38. The molecule has 0 aliphatic carbocycles. The van der Waals surface area contributed by atoms with Gasteiger partial charge in [-0.25, -0.2) is 0 Å². The summed E-state index contributed by atoms with van der Waals surface area (Å²) >= 11 is 0. The van der Waals surface area contributed by atoms with Crippen LogP contribution in [0.5, 0.6) is 5.75 Å². The van der Waals surface area contributed by atoms with Crippen LogP contribution in [0.15, 0.2) is 48.5 Å². The Bertz CT molecular complexity index is 905. The van der Waals surface area contributed by atoms with Gasteiger partial charge in [0.15, 0.2) is 5.60 Å². The van der Waals surface area contributed by atoms with Crippen LogP contribution in [0.1, 0.15) is 25.8 Å². The maximum absolute atomic E-state index is 12.7. The van der Waals surface area contributed by atoms with Gasteiger partial charge < -0.3 is 20.1 Å². The zero-order valence-electron chi connectivity index (χ0n) is 15.8. The van der Waals surface area contributed by atoms with E-state index in [2.05, 4.69) is 5.32 Å². The van der Waals surface area contributed by atoms with E-state index in [0.29, 0.717) is 22.7 Å². The molecule has 3 rings (SSSR count). The number of fused-ring (bicyclic) bond motifs is 1. The highest BCUT2D eigenvalue weighted by Crippen LogP contribution is 2.37. The summed E-state index contributed by atoms with van der Waals surface area (Å²) in [5, 5.41) is 11.6. The van der Waals surface area contributed by atoms with Crippen molar-refractivity contribution in [3.63, 3.8) is 0 Å². The van der Waals surface area contributed by atoms with Crippen molar-refractivity contribution in [3.05, 3.63) is 54.1 Å². The summed E-state index contributed by atoms with van der Waals surface area (Å²) in [4.78, 5) is 37.3. The molecule has 1 aliphatic rings. The Morgan fingerprint density at radius 2 is 1.79 bits per heavy atom. The van der Waals surface area contributed by atoms with Crippen molar-refractivity contribution < 1.29 is 24.2 Å². The fourth-order valence-electron chi connectivity index (χ4n) is 3.06. The van der Waals surface area contributed by atoms with Crippen LogP contribution in [0.2, 0.25) is 0 Å². The lowest BCUT2D eigenvalue weighted by Crippen LogP contribution is -2.53. The van der Waals surface area contributed by atoms with Crippen LogP contribution >= 0.6 is 0 Å². The van der Waals surface area contributed by atoms with Gasteiger partial charge in [0.25, 0.3) is 5.91 Å². The fraction of sp³-hybridized carbons (Fsp3) is 0.286. The summed E-state index contributed by atoms with van der Waals surface area (Å²) in [6.07, 6.45) is 0.0512. The highest BCUT2D eigenvalue weighted by atomic mass is 16.5. The summed E-state index contributed by atoms with van der Waals surface area (Å²) in [7, 11) is 0. The zero-order chi connectivity index (χ0) is 20.3. The molecule has 0 aromatic heterocycles. The molecule has 0 saturated carbocycles. The highest BCUT2D eigenvalue weighted by molar-refractivity contribution is 6.03.